The van der Waals surface area contributed by atoms with E-state index in [0.29, 0.717) is 32.0 Å². The Morgan fingerprint density at radius 2 is 1.81 bits per heavy atom. The molecule has 2 rings (SSSR count). The molecule has 1 amide bonds. The molecule has 1 N–H and O–H groups in total. The first kappa shape index (κ1) is 21.5. The van der Waals surface area contributed by atoms with Gasteiger partial charge in [-0.2, -0.15) is 4.31 Å². The van der Waals surface area contributed by atoms with Crippen molar-refractivity contribution in [3.05, 3.63) is 35.0 Å². The van der Waals surface area contributed by atoms with Crippen molar-refractivity contribution in [2.75, 3.05) is 31.6 Å². The number of nitrogens with one attached hydrogen (secondary N) is 1. The smallest absolute Gasteiger partial charge is 0.254 e. The largest absolute Gasteiger partial charge is 0.379 e. The fourth-order valence-electron chi connectivity index (χ4n) is 2.17. The molecule has 0 atom stereocenters. The highest BCUT2D eigenvalue weighted by molar-refractivity contribution is 7.89. The molecule has 0 bridgehead atoms. The number of amidine groups is 1. The van der Waals surface area contributed by atoms with Crippen LogP contribution in [0.3, 0.4) is 0 Å². The molecule has 1 aromatic carbocycles. The van der Waals surface area contributed by atoms with Crippen molar-refractivity contribution < 1.29 is 17.9 Å². The van der Waals surface area contributed by atoms with E-state index in [1.807, 2.05) is 0 Å². The first-order valence-corrected chi connectivity index (χ1v) is 10.0. The molecule has 1 saturated heterocycles. The minimum absolute atomic E-state index is 0.114. The van der Waals surface area contributed by atoms with Crippen LogP contribution in [0.5, 0.6) is 0 Å². The summed E-state index contributed by atoms with van der Waals surface area (Å²) in [5.74, 6) is -0.513. The summed E-state index contributed by atoms with van der Waals surface area (Å²) in [7, 11) is -3.59. The van der Waals surface area contributed by atoms with Gasteiger partial charge < -0.3 is 10.1 Å². The SMILES string of the molecule is C=NC(Cl)=NC(Cl)=C(C)C(=O)Nc1ccc(S(=O)(=O)N2CCOCC2)cc1. The van der Waals surface area contributed by atoms with Gasteiger partial charge in [0.1, 0.15) is 5.16 Å². The fourth-order valence-corrected chi connectivity index (χ4v) is 3.87. The van der Waals surface area contributed by atoms with Gasteiger partial charge in [0.15, 0.2) is 0 Å². The molecule has 0 aromatic heterocycles. The first-order chi connectivity index (χ1) is 12.8. The van der Waals surface area contributed by atoms with E-state index in [0.717, 1.165) is 0 Å². The van der Waals surface area contributed by atoms with Crippen LogP contribution in [-0.2, 0) is 19.6 Å². The lowest BCUT2D eigenvalue weighted by Gasteiger charge is -2.26. The summed E-state index contributed by atoms with van der Waals surface area (Å²) in [4.78, 5) is 19.4. The third-order valence-corrected chi connectivity index (χ3v) is 6.18. The Balaban J connectivity index is 2.12. The molecule has 8 nitrogen and oxygen atoms in total. The number of nitrogens with zero attached hydrogens (tertiary/aromatic N) is 3. The second kappa shape index (κ2) is 9.43. The minimum Gasteiger partial charge on any atom is -0.379 e. The molecule has 1 aliphatic rings. The van der Waals surface area contributed by atoms with Gasteiger partial charge >= 0.3 is 0 Å². The number of amides is 1. The number of anilines is 1. The number of hydrogen-bond acceptors (Lipinski definition) is 5. The predicted molar refractivity (Wildman–Crippen MR) is 106 cm³/mol. The van der Waals surface area contributed by atoms with E-state index in [1.165, 1.54) is 35.5 Å². The predicted octanol–water partition coefficient (Wildman–Crippen LogP) is 2.41. The second-order valence-electron chi connectivity index (χ2n) is 5.45. The number of aliphatic imine (C=N–C) groups is 2. The van der Waals surface area contributed by atoms with Crippen LogP contribution in [0.2, 0.25) is 0 Å². The molecule has 1 aromatic rings. The standard InChI is InChI=1S/C16H18Cl2N4O4S/c1-11(14(17)21-16(18)19-2)15(23)20-12-3-5-13(6-4-12)27(24,25)22-7-9-26-10-8-22/h3-6H,2,7-10H2,1H3,(H,20,23). The molecule has 1 fully saturated rings. The van der Waals surface area contributed by atoms with Crippen LogP contribution in [0.25, 0.3) is 0 Å². The molecule has 0 radical (unpaired) electrons. The number of sulfonamides is 1. The number of morpholine rings is 1. The van der Waals surface area contributed by atoms with Gasteiger partial charge in [-0.05, 0) is 49.5 Å². The molecule has 0 unspecified atom stereocenters. The average molecular weight is 433 g/mol. The van der Waals surface area contributed by atoms with Crippen LogP contribution in [0, 0.1) is 0 Å². The van der Waals surface area contributed by atoms with E-state index >= 15 is 0 Å². The van der Waals surface area contributed by atoms with Gasteiger partial charge in [0.2, 0.25) is 15.3 Å². The lowest BCUT2D eigenvalue weighted by molar-refractivity contribution is -0.112. The molecule has 0 aliphatic carbocycles. The van der Waals surface area contributed by atoms with Crippen LogP contribution in [0.4, 0.5) is 5.69 Å². The number of benzene rings is 1. The van der Waals surface area contributed by atoms with E-state index < -0.39 is 15.9 Å². The van der Waals surface area contributed by atoms with Crippen LogP contribution < -0.4 is 5.32 Å². The Hall–Kier alpha value is -1.78. The summed E-state index contributed by atoms with van der Waals surface area (Å²) in [6.07, 6.45) is 0. The lowest BCUT2D eigenvalue weighted by Crippen LogP contribution is -2.40. The Morgan fingerprint density at radius 1 is 1.22 bits per heavy atom. The van der Waals surface area contributed by atoms with E-state index in [2.05, 4.69) is 22.0 Å². The third kappa shape index (κ3) is 5.60. The van der Waals surface area contributed by atoms with Gasteiger partial charge in [0.05, 0.1) is 23.7 Å². The zero-order valence-corrected chi connectivity index (χ0v) is 16.8. The Labute approximate surface area is 167 Å². The Bertz CT molecular complexity index is 876. The normalized spacial score (nSPS) is 17.2. The van der Waals surface area contributed by atoms with Crippen molar-refractivity contribution in [2.24, 2.45) is 9.98 Å². The Morgan fingerprint density at radius 3 is 2.37 bits per heavy atom. The van der Waals surface area contributed by atoms with E-state index in [4.69, 9.17) is 27.9 Å². The molecule has 146 valence electrons. The van der Waals surface area contributed by atoms with Crippen molar-refractivity contribution in [2.45, 2.75) is 11.8 Å². The van der Waals surface area contributed by atoms with Crippen LogP contribution in [0.1, 0.15) is 6.92 Å². The van der Waals surface area contributed by atoms with Crippen LogP contribution in [0.15, 0.2) is 49.9 Å². The number of hydrogen-bond donors (Lipinski definition) is 1. The molecular weight excluding hydrogens is 415 g/mol. The number of carbonyl (C=O) groups excluding carboxylic acids is 1. The third-order valence-electron chi connectivity index (χ3n) is 3.69. The molecule has 11 heteroatoms. The molecule has 27 heavy (non-hydrogen) atoms. The van der Waals surface area contributed by atoms with E-state index in [9.17, 15) is 13.2 Å². The highest BCUT2D eigenvalue weighted by Gasteiger charge is 2.26. The van der Waals surface area contributed by atoms with Gasteiger partial charge in [0, 0.05) is 18.8 Å². The zero-order valence-electron chi connectivity index (χ0n) is 14.5. The van der Waals surface area contributed by atoms with Gasteiger partial charge in [0.25, 0.3) is 5.91 Å². The van der Waals surface area contributed by atoms with Crippen molar-refractivity contribution >= 4 is 56.8 Å². The number of carbonyl (C=O) groups is 1. The number of ether oxygens (including phenoxy) is 1. The Kier molecular flexibility index (Phi) is 7.51. The summed E-state index contributed by atoms with van der Waals surface area (Å²) < 4.78 is 31.7. The van der Waals surface area contributed by atoms with Crippen LogP contribution in [-0.4, -0.2) is 56.9 Å². The maximum absolute atomic E-state index is 12.6. The van der Waals surface area contributed by atoms with Crippen molar-refractivity contribution in [1.82, 2.24) is 4.31 Å². The molecular formula is C16H18Cl2N4O4S. The highest BCUT2D eigenvalue weighted by atomic mass is 35.5. The molecule has 0 spiro atoms. The van der Waals surface area contributed by atoms with Gasteiger partial charge in [-0.1, -0.05) is 11.6 Å². The van der Waals surface area contributed by atoms with Crippen molar-refractivity contribution in [3.63, 3.8) is 0 Å². The summed E-state index contributed by atoms with van der Waals surface area (Å²) in [5, 5.41) is 2.29. The minimum atomic E-state index is -3.59. The van der Waals surface area contributed by atoms with Crippen molar-refractivity contribution in [3.8, 4) is 0 Å². The van der Waals surface area contributed by atoms with Gasteiger partial charge in [-0.3, -0.25) is 4.79 Å². The molecule has 0 saturated carbocycles. The van der Waals surface area contributed by atoms with Crippen molar-refractivity contribution in [1.29, 1.82) is 0 Å². The molecule has 1 aliphatic heterocycles. The monoisotopic (exact) mass is 432 g/mol. The average Bonchev–Trinajstić information content (AvgIpc) is 2.68. The summed E-state index contributed by atoms with van der Waals surface area (Å²) in [6, 6.07) is 5.84. The summed E-state index contributed by atoms with van der Waals surface area (Å²) >= 11 is 11.5. The van der Waals surface area contributed by atoms with Crippen LogP contribution >= 0.6 is 23.2 Å². The zero-order chi connectivity index (χ0) is 20.0. The quantitative estimate of drug-likeness (QED) is 0.334. The number of rotatable bonds is 5. The topological polar surface area (TPSA) is 100 Å². The maximum Gasteiger partial charge on any atom is 0.254 e. The van der Waals surface area contributed by atoms with Gasteiger partial charge in [-0.25, -0.2) is 18.4 Å². The van der Waals surface area contributed by atoms with E-state index in [-0.39, 0.29) is 20.9 Å². The first-order valence-electron chi connectivity index (χ1n) is 7.82. The fraction of sp³-hybridized carbons (Fsp3) is 0.312. The summed E-state index contributed by atoms with van der Waals surface area (Å²) in [5.41, 5.74) is 0.519. The second-order valence-corrected chi connectivity index (χ2v) is 8.08. The lowest BCUT2D eigenvalue weighted by atomic mass is 10.2. The highest BCUT2D eigenvalue weighted by Crippen LogP contribution is 2.20. The number of halogens is 2. The van der Waals surface area contributed by atoms with E-state index in [1.54, 1.807) is 0 Å². The molecule has 1 heterocycles. The summed E-state index contributed by atoms with van der Waals surface area (Å²) in [6.45, 7) is 6.02. The van der Waals surface area contributed by atoms with Gasteiger partial charge in [-0.15, -0.1) is 0 Å². The maximum atomic E-state index is 12.6.